The molecule has 0 spiro atoms. The summed E-state index contributed by atoms with van der Waals surface area (Å²) in [6.07, 6.45) is 5.04. The summed E-state index contributed by atoms with van der Waals surface area (Å²) in [5.74, 6) is -0.130. The number of fused-ring (bicyclic) bond motifs is 1. The van der Waals surface area contributed by atoms with Gasteiger partial charge in [-0.1, -0.05) is 30.3 Å². The number of esters is 1. The molecule has 0 aliphatic heterocycles. The van der Waals surface area contributed by atoms with Crippen LogP contribution in [0.5, 0.6) is 0 Å². The summed E-state index contributed by atoms with van der Waals surface area (Å²) in [6, 6.07) is 8.49. The van der Waals surface area contributed by atoms with Crippen LogP contribution >= 0.6 is 0 Å². The first-order valence-electron chi connectivity index (χ1n) is 6.40. The van der Waals surface area contributed by atoms with Gasteiger partial charge in [-0.05, 0) is 49.8 Å². The summed E-state index contributed by atoms with van der Waals surface area (Å²) in [6.45, 7) is 3.89. The predicted octanol–water partition coefficient (Wildman–Crippen LogP) is 3.61. The van der Waals surface area contributed by atoms with Crippen molar-refractivity contribution in [2.45, 2.75) is 33.1 Å². The largest absolute Gasteiger partial charge is 0.469 e. The van der Waals surface area contributed by atoms with Gasteiger partial charge in [-0.25, -0.2) is 0 Å². The van der Waals surface area contributed by atoms with Crippen LogP contribution in [-0.4, -0.2) is 13.1 Å². The molecule has 0 saturated carbocycles. The standard InChI is InChI=1S/C16H20O2/c1-16(2,15(17)18-3)11-10-13-9-8-12-6-4-5-7-14(12)13/h4-7,9H,8,10-11H2,1-3H3. The number of benzene rings is 1. The fourth-order valence-electron chi connectivity index (χ4n) is 2.42. The van der Waals surface area contributed by atoms with E-state index in [9.17, 15) is 4.79 Å². The van der Waals surface area contributed by atoms with Crippen LogP contribution in [0.1, 0.15) is 37.8 Å². The molecule has 18 heavy (non-hydrogen) atoms. The number of methoxy groups -OCH3 is 1. The summed E-state index contributed by atoms with van der Waals surface area (Å²) < 4.78 is 4.84. The first-order chi connectivity index (χ1) is 8.54. The number of carbonyl (C=O) groups excluding carboxylic acids is 1. The van der Waals surface area contributed by atoms with Crippen LogP contribution in [-0.2, 0) is 16.0 Å². The second-order valence-electron chi connectivity index (χ2n) is 5.47. The van der Waals surface area contributed by atoms with Crippen LogP contribution in [0.4, 0.5) is 0 Å². The summed E-state index contributed by atoms with van der Waals surface area (Å²) in [5, 5.41) is 0. The zero-order valence-electron chi connectivity index (χ0n) is 11.3. The SMILES string of the molecule is COC(=O)C(C)(C)CCC1=CCc2ccccc21. The van der Waals surface area contributed by atoms with Gasteiger partial charge in [0.25, 0.3) is 0 Å². The van der Waals surface area contributed by atoms with Crippen LogP contribution in [0, 0.1) is 5.41 Å². The predicted molar refractivity (Wildman–Crippen MR) is 73.2 cm³/mol. The van der Waals surface area contributed by atoms with Crippen molar-refractivity contribution < 1.29 is 9.53 Å². The van der Waals surface area contributed by atoms with Crippen LogP contribution in [0.15, 0.2) is 30.3 Å². The maximum absolute atomic E-state index is 11.6. The van der Waals surface area contributed by atoms with Crippen molar-refractivity contribution in [1.29, 1.82) is 0 Å². The molecule has 2 heteroatoms. The molecule has 96 valence electrons. The third-order valence-electron chi connectivity index (χ3n) is 3.69. The van der Waals surface area contributed by atoms with Gasteiger partial charge in [-0.3, -0.25) is 4.79 Å². The molecule has 0 unspecified atom stereocenters. The Bertz CT molecular complexity index is 484. The van der Waals surface area contributed by atoms with Gasteiger partial charge < -0.3 is 4.74 Å². The molecule has 0 saturated heterocycles. The van der Waals surface area contributed by atoms with Gasteiger partial charge in [-0.2, -0.15) is 0 Å². The lowest BCUT2D eigenvalue weighted by atomic mass is 9.85. The Kier molecular flexibility index (Phi) is 3.55. The average molecular weight is 244 g/mol. The first-order valence-corrected chi connectivity index (χ1v) is 6.40. The van der Waals surface area contributed by atoms with E-state index in [1.54, 1.807) is 0 Å². The van der Waals surface area contributed by atoms with Gasteiger partial charge in [0, 0.05) is 0 Å². The van der Waals surface area contributed by atoms with Gasteiger partial charge in [0.1, 0.15) is 0 Å². The van der Waals surface area contributed by atoms with Gasteiger partial charge in [0.05, 0.1) is 12.5 Å². The molecule has 1 aromatic carbocycles. The highest BCUT2D eigenvalue weighted by Crippen LogP contribution is 2.34. The number of allylic oxidation sites excluding steroid dienone is 2. The van der Waals surface area contributed by atoms with Gasteiger partial charge >= 0.3 is 5.97 Å². The second kappa shape index (κ2) is 4.97. The first kappa shape index (κ1) is 12.9. The van der Waals surface area contributed by atoms with Crippen LogP contribution in [0.2, 0.25) is 0 Å². The zero-order chi connectivity index (χ0) is 13.2. The highest BCUT2D eigenvalue weighted by molar-refractivity contribution is 5.77. The maximum Gasteiger partial charge on any atom is 0.311 e. The summed E-state index contributed by atoms with van der Waals surface area (Å²) >= 11 is 0. The zero-order valence-corrected chi connectivity index (χ0v) is 11.3. The van der Waals surface area contributed by atoms with E-state index < -0.39 is 5.41 Å². The minimum atomic E-state index is -0.410. The van der Waals surface area contributed by atoms with Crippen LogP contribution in [0.25, 0.3) is 5.57 Å². The number of hydrogen-bond donors (Lipinski definition) is 0. The van der Waals surface area contributed by atoms with Crippen molar-refractivity contribution in [3.8, 4) is 0 Å². The monoisotopic (exact) mass is 244 g/mol. The second-order valence-corrected chi connectivity index (χ2v) is 5.47. The van der Waals surface area contributed by atoms with Crippen LogP contribution < -0.4 is 0 Å². The molecule has 2 nitrogen and oxygen atoms in total. The maximum atomic E-state index is 11.6. The van der Waals surface area contributed by atoms with Crippen LogP contribution in [0.3, 0.4) is 0 Å². The lowest BCUT2D eigenvalue weighted by Gasteiger charge is -2.21. The Hall–Kier alpha value is -1.57. The molecule has 1 aliphatic rings. The minimum Gasteiger partial charge on any atom is -0.469 e. The van der Waals surface area contributed by atoms with Gasteiger partial charge in [-0.15, -0.1) is 0 Å². The van der Waals surface area contributed by atoms with E-state index in [-0.39, 0.29) is 5.97 Å². The Morgan fingerprint density at radius 3 is 2.78 bits per heavy atom. The fraction of sp³-hybridized carbons (Fsp3) is 0.438. The molecule has 1 aromatic rings. The fourth-order valence-corrected chi connectivity index (χ4v) is 2.42. The van der Waals surface area contributed by atoms with Crippen molar-refractivity contribution in [2.24, 2.45) is 5.41 Å². The van der Waals surface area contributed by atoms with E-state index in [2.05, 4.69) is 30.3 Å². The molecule has 0 fully saturated rings. The highest BCUT2D eigenvalue weighted by Gasteiger charge is 2.29. The Morgan fingerprint density at radius 2 is 2.06 bits per heavy atom. The summed E-state index contributed by atoms with van der Waals surface area (Å²) in [4.78, 5) is 11.6. The van der Waals surface area contributed by atoms with E-state index in [1.807, 2.05) is 13.8 Å². The van der Waals surface area contributed by atoms with Gasteiger partial charge in [0.15, 0.2) is 0 Å². The molecule has 1 aliphatic carbocycles. The normalized spacial score (nSPS) is 14.1. The van der Waals surface area contributed by atoms with Crippen molar-refractivity contribution in [3.05, 3.63) is 41.5 Å². The Labute approximate surface area is 109 Å². The van der Waals surface area contributed by atoms with E-state index in [1.165, 1.54) is 23.8 Å². The number of rotatable bonds is 4. The summed E-state index contributed by atoms with van der Waals surface area (Å²) in [5.41, 5.74) is 3.69. The molecule has 0 N–H and O–H groups in total. The molecular formula is C16H20O2. The number of carbonyl (C=O) groups is 1. The quantitative estimate of drug-likeness (QED) is 0.756. The lowest BCUT2D eigenvalue weighted by molar-refractivity contribution is -0.151. The molecule has 0 amide bonds. The lowest BCUT2D eigenvalue weighted by Crippen LogP contribution is -2.25. The van der Waals surface area contributed by atoms with E-state index in [4.69, 9.17) is 4.74 Å². The molecule has 0 aromatic heterocycles. The number of ether oxygens (including phenoxy) is 1. The number of hydrogen-bond acceptors (Lipinski definition) is 2. The molecular weight excluding hydrogens is 224 g/mol. The third kappa shape index (κ3) is 2.47. The van der Waals surface area contributed by atoms with Crippen molar-refractivity contribution >= 4 is 11.5 Å². The van der Waals surface area contributed by atoms with Crippen molar-refractivity contribution in [3.63, 3.8) is 0 Å². The molecule has 0 atom stereocenters. The van der Waals surface area contributed by atoms with Crippen molar-refractivity contribution in [1.82, 2.24) is 0 Å². The molecule has 0 radical (unpaired) electrons. The topological polar surface area (TPSA) is 26.3 Å². The molecule has 2 rings (SSSR count). The Morgan fingerprint density at radius 1 is 1.33 bits per heavy atom. The minimum absolute atomic E-state index is 0.130. The molecule has 0 bridgehead atoms. The molecule has 0 heterocycles. The van der Waals surface area contributed by atoms with E-state index >= 15 is 0 Å². The van der Waals surface area contributed by atoms with Crippen molar-refractivity contribution in [2.75, 3.05) is 7.11 Å². The Balaban J connectivity index is 2.03. The van der Waals surface area contributed by atoms with Gasteiger partial charge in [0.2, 0.25) is 0 Å². The highest BCUT2D eigenvalue weighted by atomic mass is 16.5. The summed E-state index contributed by atoms with van der Waals surface area (Å²) in [7, 11) is 1.45. The third-order valence-corrected chi connectivity index (χ3v) is 3.69. The average Bonchev–Trinajstić information content (AvgIpc) is 2.78. The van der Waals surface area contributed by atoms with E-state index in [0.29, 0.717) is 0 Å². The van der Waals surface area contributed by atoms with E-state index in [0.717, 1.165) is 19.3 Å². The smallest absolute Gasteiger partial charge is 0.311 e.